The molecule has 3 heterocycles. The molecule has 3 aromatic rings. The normalized spacial score (nSPS) is 18.1. The van der Waals surface area contributed by atoms with E-state index in [0.717, 1.165) is 53.8 Å². The maximum Gasteiger partial charge on any atom is 0.156 e. The Morgan fingerprint density at radius 2 is 1.81 bits per heavy atom. The molecule has 0 amide bonds. The van der Waals surface area contributed by atoms with E-state index in [0.29, 0.717) is 0 Å². The summed E-state index contributed by atoms with van der Waals surface area (Å²) in [6, 6.07) is 13.1. The van der Waals surface area contributed by atoms with Crippen molar-refractivity contribution in [3.8, 4) is 10.6 Å². The van der Waals surface area contributed by atoms with Crippen molar-refractivity contribution in [2.75, 3.05) is 43.4 Å². The fourth-order valence-corrected chi connectivity index (χ4v) is 6.19. The predicted molar refractivity (Wildman–Crippen MR) is 135 cm³/mol. The van der Waals surface area contributed by atoms with E-state index in [9.17, 15) is 0 Å². The molecule has 2 aromatic heterocycles. The van der Waals surface area contributed by atoms with E-state index in [1.54, 1.807) is 11.3 Å². The first kappa shape index (κ1) is 21.0. The zero-order valence-corrected chi connectivity index (χ0v) is 20.4. The van der Waals surface area contributed by atoms with Gasteiger partial charge in [0.25, 0.3) is 0 Å². The number of H-pyrrole nitrogens is 1. The maximum absolute atomic E-state index is 4.70. The van der Waals surface area contributed by atoms with Gasteiger partial charge in [0, 0.05) is 43.1 Å². The van der Waals surface area contributed by atoms with Crippen molar-refractivity contribution in [2.24, 2.45) is 5.92 Å². The van der Waals surface area contributed by atoms with Crippen LogP contribution >= 0.6 is 27.3 Å². The first-order valence-corrected chi connectivity index (χ1v) is 12.9. The van der Waals surface area contributed by atoms with Gasteiger partial charge in [0.15, 0.2) is 5.82 Å². The summed E-state index contributed by atoms with van der Waals surface area (Å²) in [5.74, 6) is 1.73. The smallest absolute Gasteiger partial charge is 0.156 e. The van der Waals surface area contributed by atoms with Gasteiger partial charge in [-0.25, -0.2) is 0 Å². The van der Waals surface area contributed by atoms with Crippen LogP contribution in [0.1, 0.15) is 31.2 Å². The van der Waals surface area contributed by atoms with Gasteiger partial charge in [0.05, 0.1) is 14.4 Å². The highest BCUT2D eigenvalue weighted by Crippen LogP contribution is 2.38. The molecule has 0 atom stereocenters. The quantitative estimate of drug-likeness (QED) is 0.428. The highest BCUT2D eigenvalue weighted by Gasteiger charge is 2.23. The minimum Gasteiger partial charge on any atom is -0.369 e. The number of likely N-dealkylation sites (N-methyl/N-ethyl adjacent to an activating group) is 1. The molecule has 0 radical (unpaired) electrons. The molecule has 164 valence electrons. The molecule has 2 N–H and O–H groups in total. The molecule has 0 unspecified atom stereocenters. The van der Waals surface area contributed by atoms with Gasteiger partial charge in [-0.05, 0) is 71.7 Å². The van der Waals surface area contributed by atoms with Crippen molar-refractivity contribution >= 4 is 44.5 Å². The predicted octanol–water partition coefficient (Wildman–Crippen LogP) is 6.13. The minimum atomic E-state index is 0.764. The molecule has 1 saturated carbocycles. The van der Waals surface area contributed by atoms with Crippen molar-refractivity contribution in [2.45, 2.75) is 32.1 Å². The summed E-state index contributed by atoms with van der Waals surface area (Å²) >= 11 is 5.37. The molecule has 1 saturated heterocycles. The summed E-state index contributed by atoms with van der Waals surface area (Å²) in [4.78, 5) is 6.10. The van der Waals surface area contributed by atoms with Crippen LogP contribution in [-0.2, 0) is 6.42 Å². The second kappa shape index (κ2) is 9.35. The Labute approximate surface area is 197 Å². The zero-order valence-electron chi connectivity index (χ0n) is 18.0. The van der Waals surface area contributed by atoms with Crippen molar-refractivity contribution in [3.63, 3.8) is 0 Å². The van der Waals surface area contributed by atoms with Gasteiger partial charge in [-0.3, -0.25) is 5.10 Å². The molecule has 1 aliphatic carbocycles. The molecule has 7 heteroatoms. The minimum absolute atomic E-state index is 0.764. The van der Waals surface area contributed by atoms with Crippen molar-refractivity contribution in [1.29, 1.82) is 0 Å². The number of hydrogen-bond acceptors (Lipinski definition) is 5. The number of halogens is 1. The number of hydrogen-bond donors (Lipinski definition) is 2. The second-order valence-corrected chi connectivity index (χ2v) is 11.3. The molecule has 0 spiro atoms. The van der Waals surface area contributed by atoms with E-state index < -0.39 is 0 Å². The summed E-state index contributed by atoms with van der Waals surface area (Å²) in [6.45, 7) is 4.43. The molecular formula is C24H30BrN5S. The van der Waals surface area contributed by atoms with Crippen LogP contribution in [0.3, 0.4) is 0 Å². The van der Waals surface area contributed by atoms with Gasteiger partial charge >= 0.3 is 0 Å². The summed E-state index contributed by atoms with van der Waals surface area (Å²) in [5.41, 5.74) is 4.88. The van der Waals surface area contributed by atoms with Gasteiger partial charge in [-0.2, -0.15) is 5.10 Å². The number of anilines is 3. The Morgan fingerprint density at radius 3 is 2.48 bits per heavy atom. The molecule has 31 heavy (non-hydrogen) atoms. The van der Waals surface area contributed by atoms with Crippen molar-refractivity contribution < 1.29 is 0 Å². The summed E-state index contributed by atoms with van der Waals surface area (Å²) < 4.78 is 1.15. The average molecular weight is 501 g/mol. The van der Waals surface area contributed by atoms with Crippen LogP contribution in [0.2, 0.25) is 0 Å². The first-order valence-electron chi connectivity index (χ1n) is 11.3. The fourth-order valence-electron chi connectivity index (χ4n) is 4.78. The number of benzene rings is 1. The van der Waals surface area contributed by atoms with Crippen LogP contribution in [-0.4, -0.2) is 48.3 Å². The molecule has 0 bridgehead atoms. The Balaban J connectivity index is 1.36. The summed E-state index contributed by atoms with van der Waals surface area (Å²) in [5, 5.41) is 11.6. The second-order valence-electron chi connectivity index (χ2n) is 8.85. The van der Waals surface area contributed by atoms with E-state index in [4.69, 9.17) is 5.10 Å². The fraction of sp³-hybridized carbons (Fsp3) is 0.458. The van der Waals surface area contributed by atoms with E-state index in [1.807, 2.05) is 0 Å². The SMILES string of the molecule is CN1CCN(c2ccc(Nc3n[nH]c(-c4ccc(Br)s4)c3CC3CCCC3)cc2)CC1. The first-order chi connectivity index (χ1) is 15.2. The lowest BCUT2D eigenvalue weighted by Gasteiger charge is -2.34. The Kier molecular flexibility index (Phi) is 6.34. The monoisotopic (exact) mass is 499 g/mol. The van der Waals surface area contributed by atoms with E-state index >= 15 is 0 Å². The van der Waals surface area contributed by atoms with Gasteiger partial charge < -0.3 is 15.1 Å². The number of nitrogens with zero attached hydrogens (tertiary/aromatic N) is 3. The van der Waals surface area contributed by atoms with Gasteiger partial charge in [0.1, 0.15) is 0 Å². The van der Waals surface area contributed by atoms with Gasteiger partial charge in [-0.1, -0.05) is 25.7 Å². The molecule has 1 aliphatic heterocycles. The Hall–Kier alpha value is -1.83. The zero-order chi connectivity index (χ0) is 21.2. The molecular weight excluding hydrogens is 470 g/mol. The Bertz CT molecular complexity index is 997. The third-order valence-corrected chi connectivity index (χ3v) is 8.29. The molecule has 5 nitrogen and oxygen atoms in total. The average Bonchev–Trinajstić information content (AvgIpc) is 3.52. The number of piperazine rings is 1. The Morgan fingerprint density at radius 1 is 1.06 bits per heavy atom. The van der Waals surface area contributed by atoms with Gasteiger partial charge in [0.2, 0.25) is 0 Å². The lowest BCUT2D eigenvalue weighted by molar-refractivity contribution is 0.313. The largest absolute Gasteiger partial charge is 0.369 e. The van der Waals surface area contributed by atoms with Crippen LogP contribution in [0.5, 0.6) is 0 Å². The molecule has 2 fully saturated rings. The lowest BCUT2D eigenvalue weighted by Crippen LogP contribution is -2.44. The highest BCUT2D eigenvalue weighted by molar-refractivity contribution is 9.11. The third kappa shape index (κ3) is 4.83. The lowest BCUT2D eigenvalue weighted by atomic mass is 9.97. The number of nitrogens with one attached hydrogen (secondary N) is 2. The highest BCUT2D eigenvalue weighted by atomic mass is 79.9. The van der Waals surface area contributed by atoms with Crippen LogP contribution in [0.4, 0.5) is 17.2 Å². The van der Waals surface area contributed by atoms with Gasteiger partial charge in [-0.15, -0.1) is 11.3 Å². The van der Waals surface area contributed by atoms with E-state index in [-0.39, 0.29) is 0 Å². The van der Waals surface area contributed by atoms with E-state index in [1.165, 1.54) is 47.5 Å². The molecule has 1 aromatic carbocycles. The summed E-state index contributed by atoms with van der Waals surface area (Å²) in [7, 11) is 2.19. The number of aromatic nitrogens is 2. The summed E-state index contributed by atoms with van der Waals surface area (Å²) in [6.07, 6.45) is 6.47. The number of rotatable bonds is 6. The maximum atomic E-state index is 4.70. The number of thiophene rings is 1. The van der Waals surface area contributed by atoms with Crippen LogP contribution in [0.25, 0.3) is 10.6 Å². The van der Waals surface area contributed by atoms with Crippen LogP contribution in [0.15, 0.2) is 40.2 Å². The molecule has 5 rings (SSSR count). The van der Waals surface area contributed by atoms with Crippen molar-refractivity contribution in [1.82, 2.24) is 15.1 Å². The van der Waals surface area contributed by atoms with Crippen LogP contribution < -0.4 is 10.2 Å². The topological polar surface area (TPSA) is 47.2 Å². The standard InChI is InChI=1S/C24H30BrN5S/c1-29-12-14-30(15-13-29)19-8-6-18(7-9-19)26-24-20(16-17-4-2-3-5-17)23(27-28-24)21-10-11-22(25)31-21/h6-11,17H,2-5,12-16H2,1H3,(H2,26,27,28). The molecule has 2 aliphatic rings. The van der Waals surface area contributed by atoms with E-state index in [2.05, 4.69) is 79.6 Å². The third-order valence-electron chi connectivity index (χ3n) is 6.65. The van der Waals surface area contributed by atoms with Crippen molar-refractivity contribution in [3.05, 3.63) is 45.7 Å². The van der Waals surface area contributed by atoms with Crippen LogP contribution in [0, 0.1) is 5.92 Å². The number of aromatic amines is 1.